The van der Waals surface area contributed by atoms with E-state index < -0.39 is 0 Å². The van der Waals surface area contributed by atoms with Crippen LogP contribution in [0.1, 0.15) is 25.7 Å². The lowest BCUT2D eigenvalue weighted by atomic mass is 10.1. The minimum Gasteiger partial charge on any atom is -0.408 e. The first-order valence-electron chi connectivity index (χ1n) is 5.48. The highest BCUT2D eigenvalue weighted by molar-refractivity contribution is 7.80. The van der Waals surface area contributed by atoms with Gasteiger partial charge in [0.1, 0.15) is 0 Å². The predicted molar refractivity (Wildman–Crippen MR) is 62.6 cm³/mol. The molecule has 1 aromatic heterocycles. The molecular weight excluding hydrogens is 226 g/mol. The maximum Gasteiger partial charge on any atom is 0.325 e. The molecule has 88 valence electrons. The average molecular weight is 241 g/mol. The van der Waals surface area contributed by atoms with Gasteiger partial charge >= 0.3 is 6.01 Å². The largest absolute Gasteiger partial charge is 0.408 e. The highest BCUT2D eigenvalue weighted by atomic mass is 32.1. The zero-order valence-electron chi connectivity index (χ0n) is 9.22. The van der Waals surface area contributed by atoms with E-state index in [2.05, 4.69) is 22.8 Å². The quantitative estimate of drug-likeness (QED) is 0.807. The van der Waals surface area contributed by atoms with Crippen LogP contribution in [0.15, 0.2) is 4.42 Å². The molecule has 2 rings (SSSR count). The van der Waals surface area contributed by atoms with Crippen LogP contribution in [0.4, 0.5) is 6.01 Å². The number of thiol groups is 1. The number of aryl methyl sites for hydroxylation is 1. The first-order valence-corrected chi connectivity index (χ1v) is 6.11. The van der Waals surface area contributed by atoms with Gasteiger partial charge in [-0.2, -0.15) is 12.6 Å². The number of hydrogen-bond donors (Lipinski definition) is 1. The zero-order chi connectivity index (χ0) is 11.5. The van der Waals surface area contributed by atoms with Crippen LogP contribution < -0.4 is 4.90 Å². The minimum absolute atomic E-state index is 0.0470. The molecule has 0 saturated carbocycles. The second-order valence-electron chi connectivity index (χ2n) is 3.99. The van der Waals surface area contributed by atoms with Crippen LogP contribution in [0.3, 0.4) is 0 Å². The van der Waals surface area contributed by atoms with Gasteiger partial charge in [0.2, 0.25) is 11.8 Å². The van der Waals surface area contributed by atoms with Gasteiger partial charge in [-0.3, -0.25) is 9.69 Å². The summed E-state index contributed by atoms with van der Waals surface area (Å²) in [5.41, 5.74) is 0. The zero-order valence-corrected chi connectivity index (χ0v) is 10.1. The minimum atomic E-state index is 0.0470. The van der Waals surface area contributed by atoms with Crippen molar-refractivity contribution in [1.29, 1.82) is 0 Å². The summed E-state index contributed by atoms with van der Waals surface area (Å²) in [7, 11) is 0. The summed E-state index contributed by atoms with van der Waals surface area (Å²) in [5.74, 6) is 1.64. The van der Waals surface area contributed by atoms with Crippen LogP contribution >= 0.6 is 12.6 Å². The summed E-state index contributed by atoms with van der Waals surface area (Å²) < 4.78 is 5.43. The molecule has 1 aromatic rings. The Bertz CT molecular complexity index is 380. The molecule has 5 nitrogen and oxygen atoms in total. The van der Waals surface area contributed by atoms with Gasteiger partial charge in [0.15, 0.2) is 0 Å². The molecule has 1 unspecified atom stereocenters. The Morgan fingerprint density at radius 2 is 2.38 bits per heavy atom. The average Bonchev–Trinajstić information content (AvgIpc) is 2.85. The number of hydrogen-bond acceptors (Lipinski definition) is 5. The van der Waals surface area contributed by atoms with E-state index in [0.29, 0.717) is 30.6 Å². The first-order chi connectivity index (χ1) is 7.74. The molecule has 1 aliphatic rings. The standard InChI is InChI=1S/C10H15N3O2S/c1-2-3-8-11-12-10(15-8)13-5-7(6-16)4-9(13)14/h7,16H,2-6H2,1H3. The van der Waals surface area contributed by atoms with Gasteiger partial charge < -0.3 is 4.42 Å². The monoisotopic (exact) mass is 241 g/mol. The number of nitrogens with zero attached hydrogens (tertiary/aromatic N) is 3. The second-order valence-corrected chi connectivity index (χ2v) is 4.35. The van der Waals surface area contributed by atoms with Crippen molar-refractivity contribution in [3.63, 3.8) is 0 Å². The van der Waals surface area contributed by atoms with Crippen molar-refractivity contribution in [2.45, 2.75) is 26.2 Å². The molecule has 0 bridgehead atoms. The highest BCUT2D eigenvalue weighted by Crippen LogP contribution is 2.24. The molecule has 1 saturated heterocycles. The second kappa shape index (κ2) is 4.86. The fraction of sp³-hybridized carbons (Fsp3) is 0.700. The smallest absolute Gasteiger partial charge is 0.325 e. The van der Waals surface area contributed by atoms with Crippen LogP contribution in [-0.2, 0) is 11.2 Å². The third kappa shape index (κ3) is 2.21. The Labute approximate surface area is 99.6 Å². The number of rotatable bonds is 4. The molecule has 2 heterocycles. The molecule has 1 atom stereocenters. The fourth-order valence-corrected chi connectivity index (χ4v) is 2.00. The summed E-state index contributed by atoms with van der Waals surface area (Å²) in [6, 6.07) is 0.331. The molecule has 1 fully saturated rings. The number of carbonyl (C=O) groups excluding carboxylic acids is 1. The van der Waals surface area contributed by atoms with E-state index in [4.69, 9.17) is 4.42 Å². The van der Waals surface area contributed by atoms with Crippen molar-refractivity contribution in [3.05, 3.63) is 5.89 Å². The molecule has 1 amide bonds. The maximum absolute atomic E-state index is 11.7. The SMILES string of the molecule is CCCc1nnc(N2CC(CS)CC2=O)o1. The van der Waals surface area contributed by atoms with Gasteiger partial charge in [-0.1, -0.05) is 12.0 Å². The lowest BCUT2D eigenvalue weighted by molar-refractivity contribution is -0.117. The van der Waals surface area contributed by atoms with Crippen molar-refractivity contribution in [1.82, 2.24) is 10.2 Å². The van der Waals surface area contributed by atoms with E-state index >= 15 is 0 Å². The Hall–Kier alpha value is -1.04. The predicted octanol–water partition coefficient (Wildman–Crippen LogP) is 1.30. The van der Waals surface area contributed by atoms with E-state index in [1.807, 2.05) is 6.92 Å². The Balaban J connectivity index is 2.09. The molecule has 0 radical (unpaired) electrons. The van der Waals surface area contributed by atoms with E-state index in [1.54, 1.807) is 4.90 Å². The Kier molecular flexibility index (Phi) is 3.48. The lowest BCUT2D eigenvalue weighted by Crippen LogP contribution is -2.24. The van der Waals surface area contributed by atoms with E-state index in [1.165, 1.54) is 0 Å². The van der Waals surface area contributed by atoms with Crippen molar-refractivity contribution in [3.8, 4) is 0 Å². The normalized spacial score (nSPS) is 20.8. The first kappa shape index (κ1) is 11.4. The van der Waals surface area contributed by atoms with Gasteiger partial charge in [-0.15, -0.1) is 5.10 Å². The molecular formula is C10H15N3O2S. The van der Waals surface area contributed by atoms with Crippen LogP contribution in [0.5, 0.6) is 0 Å². The Morgan fingerprint density at radius 1 is 1.56 bits per heavy atom. The maximum atomic E-state index is 11.7. The summed E-state index contributed by atoms with van der Waals surface area (Å²) in [6.45, 7) is 2.68. The van der Waals surface area contributed by atoms with Crippen molar-refractivity contribution in [2.75, 3.05) is 17.2 Å². The summed E-state index contributed by atoms with van der Waals surface area (Å²) >= 11 is 4.20. The van der Waals surface area contributed by atoms with Gasteiger partial charge in [0.25, 0.3) is 0 Å². The Morgan fingerprint density at radius 3 is 3.00 bits per heavy atom. The molecule has 1 aliphatic heterocycles. The van der Waals surface area contributed by atoms with Crippen LogP contribution in [0.25, 0.3) is 0 Å². The lowest BCUT2D eigenvalue weighted by Gasteiger charge is -2.09. The van der Waals surface area contributed by atoms with Gasteiger partial charge in [-0.25, -0.2) is 0 Å². The molecule has 0 N–H and O–H groups in total. The summed E-state index contributed by atoms with van der Waals surface area (Å²) in [4.78, 5) is 13.2. The van der Waals surface area contributed by atoms with Crippen molar-refractivity contribution >= 4 is 24.6 Å². The van der Waals surface area contributed by atoms with Crippen LogP contribution in [0, 0.1) is 5.92 Å². The molecule has 6 heteroatoms. The summed E-state index contributed by atoms with van der Waals surface area (Å²) in [5, 5.41) is 7.81. The third-order valence-corrected chi connectivity index (χ3v) is 3.13. The van der Waals surface area contributed by atoms with Gasteiger partial charge in [0.05, 0.1) is 0 Å². The van der Waals surface area contributed by atoms with Gasteiger partial charge in [0, 0.05) is 19.4 Å². The van der Waals surface area contributed by atoms with Crippen molar-refractivity contribution in [2.24, 2.45) is 5.92 Å². The van der Waals surface area contributed by atoms with Crippen LogP contribution in [0.2, 0.25) is 0 Å². The molecule has 0 spiro atoms. The van der Waals surface area contributed by atoms with E-state index in [0.717, 1.165) is 12.8 Å². The topological polar surface area (TPSA) is 59.2 Å². The highest BCUT2D eigenvalue weighted by Gasteiger charge is 2.32. The molecule has 16 heavy (non-hydrogen) atoms. The number of anilines is 1. The molecule has 0 aliphatic carbocycles. The fourth-order valence-electron chi connectivity index (χ4n) is 1.76. The summed E-state index contributed by atoms with van der Waals surface area (Å²) in [6.07, 6.45) is 2.23. The number of carbonyl (C=O) groups is 1. The third-order valence-electron chi connectivity index (χ3n) is 2.61. The van der Waals surface area contributed by atoms with Crippen LogP contribution in [-0.4, -0.2) is 28.4 Å². The number of amides is 1. The van der Waals surface area contributed by atoms with Crippen molar-refractivity contribution < 1.29 is 9.21 Å². The van der Waals surface area contributed by atoms with E-state index in [-0.39, 0.29) is 11.8 Å². The van der Waals surface area contributed by atoms with E-state index in [9.17, 15) is 4.79 Å². The van der Waals surface area contributed by atoms with Gasteiger partial charge in [-0.05, 0) is 18.1 Å². The number of aromatic nitrogens is 2. The molecule has 0 aromatic carbocycles.